The van der Waals surface area contributed by atoms with E-state index in [0.717, 1.165) is 24.9 Å². The van der Waals surface area contributed by atoms with Gasteiger partial charge in [0.2, 0.25) is 5.91 Å². The molecule has 0 atom stereocenters. The smallest absolute Gasteiger partial charge is 0.306 e. The van der Waals surface area contributed by atoms with Gasteiger partial charge in [0.05, 0.1) is 13.0 Å². The summed E-state index contributed by atoms with van der Waals surface area (Å²) >= 11 is 0. The minimum absolute atomic E-state index is 0.0470. The fraction of sp³-hybridized carbons (Fsp3) is 0.529. The summed E-state index contributed by atoms with van der Waals surface area (Å²) in [4.78, 5) is 25.4. The number of carbonyl (C=O) groups excluding carboxylic acids is 2. The molecule has 116 valence electrons. The molecule has 0 radical (unpaired) electrons. The molecular weight excluding hydrogens is 266 g/mol. The number of carbonyl (C=O) groups is 2. The molecule has 0 bridgehead atoms. The predicted molar refractivity (Wildman–Crippen MR) is 84.2 cm³/mol. The lowest BCUT2D eigenvalue weighted by Crippen LogP contribution is -2.30. The van der Waals surface area contributed by atoms with Crippen LogP contribution in [0.1, 0.15) is 46.0 Å². The van der Waals surface area contributed by atoms with Crippen molar-refractivity contribution < 1.29 is 14.3 Å². The van der Waals surface area contributed by atoms with Gasteiger partial charge in [-0.3, -0.25) is 9.59 Å². The van der Waals surface area contributed by atoms with Gasteiger partial charge in [-0.1, -0.05) is 38.0 Å². The van der Waals surface area contributed by atoms with Gasteiger partial charge in [0.25, 0.3) is 0 Å². The second kappa shape index (κ2) is 9.97. The van der Waals surface area contributed by atoms with Crippen LogP contribution in [-0.2, 0) is 14.3 Å². The number of unbranched alkanes of at least 4 members (excludes halogenated alkanes) is 2. The zero-order valence-electron chi connectivity index (χ0n) is 13.0. The molecule has 1 rings (SSSR count). The van der Waals surface area contributed by atoms with Crippen molar-refractivity contribution in [3.8, 4) is 0 Å². The molecule has 0 aromatic heterocycles. The van der Waals surface area contributed by atoms with Crippen LogP contribution in [-0.4, -0.2) is 25.0 Å². The van der Waals surface area contributed by atoms with Gasteiger partial charge in [0, 0.05) is 18.7 Å². The lowest BCUT2D eigenvalue weighted by molar-refractivity contribution is -0.144. The molecule has 0 aliphatic heterocycles. The van der Waals surface area contributed by atoms with Crippen LogP contribution in [0.25, 0.3) is 0 Å². The number of benzene rings is 1. The molecule has 0 unspecified atom stereocenters. The van der Waals surface area contributed by atoms with Crippen molar-refractivity contribution in [3.63, 3.8) is 0 Å². The van der Waals surface area contributed by atoms with E-state index in [1.54, 1.807) is 4.90 Å². The minimum atomic E-state index is -0.288. The fourth-order valence-electron chi connectivity index (χ4n) is 2.07. The van der Waals surface area contributed by atoms with Crippen molar-refractivity contribution in [1.29, 1.82) is 0 Å². The molecule has 0 spiro atoms. The van der Waals surface area contributed by atoms with E-state index in [9.17, 15) is 9.59 Å². The monoisotopic (exact) mass is 291 g/mol. The molecule has 1 aromatic rings. The fourth-order valence-corrected chi connectivity index (χ4v) is 2.07. The second-order valence-electron chi connectivity index (χ2n) is 4.90. The number of hydrogen-bond acceptors (Lipinski definition) is 3. The van der Waals surface area contributed by atoms with Crippen LogP contribution >= 0.6 is 0 Å². The summed E-state index contributed by atoms with van der Waals surface area (Å²) in [5.41, 5.74) is 0.862. The minimum Gasteiger partial charge on any atom is -0.466 e. The maximum Gasteiger partial charge on any atom is 0.306 e. The zero-order valence-corrected chi connectivity index (χ0v) is 13.0. The first-order valence-corrected chi connectivity index (χ1v) is 7.70. The Labute approximate surface area is 127 Å². The highest BCUT2D eigenvalue weighted by molar-refractivity contribution is 5.94. The maximum absolute atomic E-state index is 12.2. The number of hydrogen-bond donors (Lipinski definition) is 0. The first kappa shape index (κ1) is 17.2. The van der Waals surface area contributed by atoms with Gasteiger partial charge in [-0.05, 0) is 25.5 Å². The van der Waals surface area contributed by atoms with E-state index in [0.29, 0.717) is 13.2 Å². The normalized spacial score (nSPS) is 10.2. The second-order valence-corrected chi connectivity index (χ2v) is 4.90. The molecule has 0 saturated heterocycles. The highest BCUT2D eigenvalue weighted by atomic mass is 16.5. The molecule has 4 nitrogen and oxygen atoms in total. The summed E-state index contributed by atoms with van der Waals surface area (Å²) in [6, 6.07) is 9.49. The molecule has 0 aliphatic carbocycles. The molecule has 0 N–H and O–H groups in total. The largest absolute Gasteiger partial charge is 0.466 e. The number of anilines is 1. The summed E-state index contributed by atoms with van der Waals surface area (Å²) in [6.45, 7) is 5.07. The molecule has 1 aromatic carbocycles. The van der Waals surface area contributed by atoms with Crippen LogP contribution in [0, 0.1) is 0 Å². The first-order valence-electron chi connectivity index (χ1n) is 7.70. The van der Waals surface area contributed by atoms with Crippen molar-refractivity contribution >= 4 is 17.6 Å². The van der Waals surface area contributed by atoms with Gasteiger partial charge >= 0.3 is 5.97 Å². The third-order valence-electron chi connectivity index (χ3n) is 3.24. The Bertz CT molecular complexity index is 431. The molecule has 0 saturated carbocycles. The summed E-state index contributed by atoms with van der Waals surface area (Å²) in [7, 11) is 0. The highest BCUT2D eigenvalue weighted by Gasteiger charge is 2.15. The van der Waals surface area contributed by atoms with Crippen LogP contribution in [0.15, 0.2) is 30.3 Å². The Morgan fingerprint density at radius 3 is 2.38 bits per heavy atom. The summed E-state index contributed by atoms with van der Waals surface area (Å²) < 4.78 is 5.10. The van der Waals surface area contributed by atoms with Crippen LogP contribution in [0.3, 0.4) is 0 Å². The van der Waals surface area contributed by atoms with E-state index in [1.165, 1.54) is 0 Å². The Balaban J connectivity index is 2.36. The van der Waals surface area contributed by atoms with Crippen molar-refractivity contribution in [1.82, 2.24) is 0 Å². The Morgan fingerprint density at radius 2 is 1.76 bits per heavy atom. The highest BCUT2D eigenvalue weighted by Crippen LogP contribution is 2.14. The Morgan fingerprint density at radius 1 is 1.05 bits per heavy atom. The van der Waals surface area contributed by atoms with Crippen LogP contribution in [0.2, 0.25) is 0 Å². The third-order valence-corrected chi connectivity index (χ3v) is 3.24. The number of esters is 1. The molecule has 0 fully saturated rings. The van der Waals surface area contributed by atoms with Crippen molar-refractivity contribution in [2.75, 3.05) is 18.1 Å². The van der Waals surface area contributed by atoms with Gasteiger partial charge in [-0.15, -0.1) is 0 Å². The lowest BCUT2D eigenvalue weighted by Gasteiger charge is -2.20. The number of amides is 1. The molecule has 1 amide bonds. The van der Waals surface area contributed by atoms with Crippen LogP contribution in [0.4, 0.5) is 5.69 Å². The predicted octanol–water partition coefficient (Wildman–Crippen LogP) is 3.55. The quantitative estimate of drug-likeness (QED) is 0.516. The Hall–Kier alpha value is -1.84. The van der Waals surface area contributed by atoms with Gasteiger partial charge in [-0.25, -0.2) is 0 Å². The lowest BCUT2D eigenvalue weighted by atomic mass is 10.2. The number of rotatable bonds is 9. The van der Waals surface area contributed by atoms with Crippen molar-refractivity contribution in [3.05, 3.63) is 30.3 Å². The van der Waals surface area contributed by atoms with E-state index < -0.39 is 0 Å². The van der Waals surface area contributed by atoms with Gasteiger partial charge in [0.1, 0.15) is 0 Å². The van der Waals surface area contributed by atoms with E-state index in [-0.39, 0.29) is 24.7 Å². The number of ether oxygens (including phenoxy) is 1. The van der Waals surface area contributed by atoms with E-state index in [1.807, 2.05) is 37.3 Å². The summed E-state index contributed by atoms with van der Waals surface area (Å²) in [5, 5.41) is 0. The van der Waals surface area contributed by atoms with Crippen LogP contribution in [0.5, 0.6) is 0 Å². The van der Waals surface area contributed by atoms with Crippen molar-refractivity contribution in [2.24, 2.45) is 0 Å². The van der Waals surface area contributed by atoms with E-state index >= 15 is 0 Å². The van der Waals surface area contributed by atoms with Crippen LogP contribution < -0.4 is 4.90 Å². The maximum atomic E-state index is 12.2. The van der Waals surface area contributed by atoms with Gasteiger partial charge in [-0.2, -0.15) is 0 Å². The molecule has 0 aliphatic rings. The number of para-hydroxylation sites is 1. The van der Waals surface area contributed by atoms with E-state index in [4.69, 9.17) is 4.74 Å². The molecule has 21 heavy (non-hydrogen) atoms. The zero-order chi connectivity index (χ0) is 15.5. The SMILES string of the molecule is CCCCCOC(=O)CCC(=O)N(CC)c1ccccc1. The number of nitrogens with zero attached hydrogens (tertiary/aromatic N) is 1. The average molecular weight is 291 g/mol. The molecule has 0 heterocycles. The van der Waals surface area contributed by atoms with Gasteiger partial charge < -0.3 is 9.64 Å². The molecule has 4 heteroatoms. The van der Waals surface area contributed by atoms with Crippen molar-refractivity contribution in [2.45, 2.75) is 46.0 Å². The Kier molecular flexibility index (Phi) is 8.17. The third kappa shape index (κ3) is 6.43. The summed E-state index contributed by atoms with van der Waals surface area (Å²) in [6.07, 6.45) is 3.38. The summed E-state index contributed by atoms with van der Waals surface area (Å²) in [5.74, 6) is -0.335. The standard InChI is InChI=1S/C17H25NO3/c1-3-5-9-14-21-17(20)13-12-16(19)18(4-2)15-10-7-6-8-11-15/h6-8,10-11H,3-5,9,12-14H2,1-2H3. The first-order chi connectivity index (χ1) is 10.2. The van der Waals surface area contributed by atoms with Gasteiger partial charge in [0.15, 0.2) is 0 Å². The topological polar surface area (TPSA) is 46.6 Å². The average Bonchev–Trinajstić information content (AvgIpc) is 2.51. The molecular formula is C17H25NO3. The van der Waals surface area contributed by atoms with E-state index in [2.05, 4.69) is 6.92 Å².